The number of fused-ring (bicyclic) bond motifs is 1. The number of aromatic nitrogens is 1. The molecular weight excluding hydrogens is 344 g/mol. The summed E-state index contributed by atoms with van der Waals surface area (Å²) < 4.78 is 10.5. The monoisotopic (exact) mass is 364 g/mol. The number of methoxy groups -OCH3 is 1. The number of anilines is 1. The van der Waals surface area contributed by atoms with Crippen LogP contribution in [0.2, 0.25) is 0 Å². The van der Waals surface area contributed by atoms with Gasteiger partial charge in [0.05, 0.1) is 18.2 Å². The molecule has 6 heteroatoms. The lowest BCUT2D eigenvalue weighted by molar-refractivity contribution is -0.123. The van der Waals surface area contributed by atoms with E-state index in [4.69, 9.17) is 9.47 Å². The van der Waals surface area contributed by atoms with Gasteiger partial charge in [0.1, 0.15) is 5.75 Å². The minimum absolute atomic E-state index is 0.391. The van der Waals surface area contributed by atoms with E-state index >= 15 is 0 Å². The fraction of sp³-hybridized carbons (Fsp3) is 0.190. The number of aryl methyl sites for hydroxylation is 1. The third-order valence-corrected chi connectivity index (χ3v) is 4.07. The van der Waals surface area contributed by atoms with Crippen molar-refractivity contribution in [3.63, 3.8) is 0 Å². The van der Waals surface area contributed by atoms with Crippen molar-refractivity contribution in [3.05, 3.63) is 65.9 Å². The first-order valence-electron chi connectivity index (χ1n) is 8.50. The maximum atomic E-state index is 12.6. The van der Waals surface area contributed by atoms with Crippen molar-refractivity contribution in [2.75, 3.05) is 12.4 Å². The third-order valence-electron chi connectivity index (χ3n) is 4.07. The molecule has 3 aromatic rings. The summed E-state index contributed by atoms with van der Waals surface area (Å²) in [6.07, 6.45) is -0.952. The fourth-order valence-electron chi connectivity index (χ4n) is 2.67. The zero-order valence-electron chi connectivity index (χ0n) is 15.4. The van der Waals surface area contributed by atoms with Gasteiger partial charge in [-0.3, -0.25) is 9.78 Å². The summed E-state index contributed by atoms with van der Waals surface area (Å²) in [6, 6.07) is 15.9. The Kier molecular flexibility index (Phi) is 5.35. The van der Waals surface area contributed by atoms with Crippen LogP contribution < -0.4 is 10.1 Å². The lowest BCUT2D eigenvalue weighted by atomic mass is 10.1. The van der Waals surface area contributed by atoms with Crippen LogP contribution in [0.1, 0.15) is 23.0 Å². The molecule has 0 radical (unpaired) electrons. The highest BCUT2D eigenvalue weighted by Gasteiger charge is 2.21. The van der Waals surface area contributed by atoms with Gasteiger partial charge in [-0.05, 0) is 50.2 Å². The minimum Gasteiger partial charge on any atom is -0.497 e. The molecule has 3 rings (SSSR count). The second-order valence-electron chi connectivity index (χ2n) is 6.09. The Hall–Kier alpha value is -3.41. The Morgan fingerprint density at radius 1 is 1.07 bits per heavy atom. The van der Waals surface area contributed by atoms with Crippen molar-refractivity contribution in [3.8, 4) is 5.75 Å². The molecule has 1 N–H and O–H groups in total. The molecule has 1 heterocycles. The zero-order valence-corrected chi connectivity index (χ0v) is 15.4. The molecule has 1 aromatic heterocycles. The number of carbonyl (C=O) groups excluding carboxylic acids is 2. The van der Waals surface area contributed by atoms with Crippen LogP contribution in [-0.2, 0) is 9.53 Å². The van der Waals surface area contributed by atoms with Crippen LogP contribution in [0.3, 0.4) is 0 Å². The molecule has 0 bridgehead atoms. The van der Waals surface area contributed by atoms with Gasteiger partial charge in [0.15, 0.2) is 6.10 Å². The smallest absolute Gasteiger partial charge is 0.339 e. The van der Waals surface area contributed by atoms with Crippen molar-refractivity contribution >= 4 is 28.5 Å². The highest BCUT2D eigenvalue weighted by atomic mass is 16.5. The number of hydrogen-bond donors (Lipinski definition) is 1. The van der Waals surface area contributed by atoms with E-state index < -0.39 is 18.0 Å². The SMILES string of the molecule is COc1ccc(NC(=O)[C@H](C)OC(=O)c2cc(C)nc3ccccc23)cc1. The van der Waals surface area contributed by atoms with Gasteiger partial charge < -0.3 is 14.8 Å². The Balaban J connectivity index is 1.72. The summed E-state index contributed by atoms with van der Waals surface area (Å²) in [5.41, 5.74) is 2.40. The van der Waals surface area contributed by atoms with Gasteiger partial charge in [-0.1, -0.05) is 18.2 Å². The Morgan fingerprint density at radius 3 is 2.48 bits per heavy atom. The Bertz CT molecular complexity index is 983. The fourth-order valence-corrected chi connectivity index (χ4v) is 2.67. The number of pyridine rings is 1. The van der Waals surface area contributed by atoms with Crippen LogP contribution >= 0.6 is 0 Å². The molecule has 138 valence electrons. The zero-order chi connectivity index (χ0) is 19.4. The van der Waals surface area contributed by atoms with Gasteiger partial charge in [-0.2, -0.15) is 0 Å². The molecule has 0 fully saturated rings. The van der Waals surface area contributed by atoms with E-state index in [0.717, 1.165) is 0 Å². The maximum absolute atomic E-state index is 12.6. The molecule has 0 saturated carbocycles. The van der Waals surface area contributed by atoms with Crippen LogP contribution in [0.25, 0.3) is 10.9 Å². The van der Waals surface area contributed by atoms with Gasteiger partial charge in [-0.15, -0.1) is 0 Å². The largest absolute Gasteiger partial charge is 0.497 e. The first-order valence-corrected chi connectivity index (χ1v) is 8.50. The second kappa shape index (κ2) is 7.86. The van der Waals surface area contributed by atoms with Crippen molar-refractivity contribution in [2.24, 2.45) is 0 Å². The summed E-state index contributed by atoms with van der Waals surface area (Å²) in [4.78, 5) is 29.4. The van der Waals surface area contributed by atoms with Crippen LogP contribution in [0.4, 0.5) is 5.69 Å². The minimum atomic E-state index is -0.952. The number of nitrogens with one attached hydrogen (secondary N) is 1. The number of esters is 1. The molecule has 0 aliphatic carbocycles. The van der Waals surface area contributed by atoms with E-state index in [-0.39, 0.29) is 0 Å². The van der Waals surface area contributed by atoms with Crippen molar-refractivity contribution in [2.45, 2.75) is 20.0 Å². The Labute approximate surface area is 157 Å². The van der Waals surface area contributed by atoms with Crippen molar-refractivity contribution < 1.29 is 19.1 Å². The van der Waals surface area contributed by atoms with E-state index in [9.17, 15) is 9.59 Å². The average Bonchev–Trinajstić information content (AvgIpc) is 2.67. The summed E-state index contributed by atoms with van der Waals surface area (Å²) in [5, 5.41) is 3.40. The number of ether oxygens (including phenoxy) is 2. The van der Waals surface area contributed by atoms with Crippen LogP contribution in [-0.4, -0.2) is 30.1 Å². The second-order valence-corrected chi connectivity index (χ2v) is 6.09. The van der Waals surface area contributed by atoms with Gasteiger partial charge in [0, 0.05) is 16.8 Å². The predicted octanol–water partition coefficient (Wildman–Crippen LogP) is 3.74. The Morgan fingerprint density at radius 2 is 1.78 bits per heavy atom. The molecule has 0 unspecified atom stereocenters. The van der Waals surface area contributed by atoms with E-state index in [1.807, 2.05) is 25.1 Å². The molecule has 0 saturated heterocycles. The first kappa shape index (κ1) is 18.4. The van der Waals surface area contributed by atoms with Crippen molar-refractivity contribution in [1.29, 1.82) is 0 Å². The number of rotatable bonds is 5. The summed E-state index contributed by atoms with van der Waals surface area (Å²) in [7, 11) is 1.57. The summed E-state index contributed by atoms with van der Waals surface area (Å²) >= 11 is 0. The summed E-state index contributed by atoms with van der Waals surface area (Å²) in [5.74, 6) is -0.287. The van der Waals surface area contributed by atoms with Crippen LogP contribution in [0.15, 0.2) is 54.6 Å². The summed E-state index contributed by atoms with van der Waals surface area (Å²) in [6.45, 7) is 3.34. The molecule has 1 amide bonds. The third kappa shape index (κ3) is 4.23. The standard InChI is InChI=1S/C21H20N2O4/c1-13-12-18(17-6-4-5-7-19(17)22-13)21(25)27-14(2)20(24)23-15-8-10-16(26-3)11-9-15/h4-12,14H,1-3H3,(H,23,24)/t14-/m0/s1. The number of carbonyl (C=O) groups is 2. The lowest BCUT2D eigenvalue weighted by Gasteiger charge is -2.15. The molecule has 0 spiro atoms. The number of amides is 1. The molecule has 0 aliphatic rings. The average molecular weight is 364 g/mol. The topological polar surface area (TPSA) is 77.5 Å². The molecule has 2 aromatic carbocycles. The quantitative estimate of drug-likeness (QED) is 0.698. The van der Waals surface area contributed by atoms with Gasteiger partial charge >= 0.3 is 5.97 Å². The van der Waals surface area contributed by atoms with Crippen LogP contribution in [0.5, 0.6) is 5.75 Å². The van der Waals surface area contributed by atoms with Gasteiger partial charge in [-0.25, -0.2) is 4.79 Å². The highest BCUT2D eigenvalue weighted by molar-refractivity contribution is 6.05. The van der Waals surface area contributed by atoms with Crippen molar-refractivity contribution in [1.82, 2.24) is 4.98 Å². The van der Waals surface area contributed by atoms with E-state index in [2.05, 4.69) is 10.3 Å². The van der Waals surface area contributed by atoms with Gasteiger partial charge in [0.25, 0.3) is 5.91 Å². The number of nitrogens with zero attached hydrogens (tertiary/aromatic N) is 1. The molecular formula is C21H20N2O4. The highest BCUT2D eigenvalue weighted by Crippen LogP contribution is 2.20. The molecule has 6 nitrogen and oxygen atoms in total. The molecule has 0 aliphatic heterocycles. The first-order chi connectivity index (χ1) is 13.0. The number of hydrogen-bond acceptors (Lipinski definition) is 5. The maximum Gasteiger partial charge on any atom is 0.339 e. The normalized spacial score (nSPS) is 11.7. The van der Waals surface area contributed by atoms with E-state index in [0.29, 0.717) is 33.6 Å². The molecule has 1 atom stereocenters. The van der Waals surface area contributed by atoms with Crippen LogP contribution in [0, 0.1) is 6.92 Å². The molecule has 27 heavy (non-hydrogen) atoms. The predicted molar refractivity (Wildman–Crippen MR) is 103 cm³/mol. The number of para-hydroxylation sites is 1. The van der Waals surface area contributed by atoms with E-state index in [1.165, 1.54) is 6.92 Å². The number of benzene rings is 2. The van der Waals surface area contributed by atoms with E-state index in [1.54, 1.807) is 43.5 Å². The van der Waals surface area contributed by atoms with Gasteiger partial charge in [0.2, 0.25) is 0 Å². The lowest BCUT2D eigenvalue weighted by Crippen LogP contribution is -2.30.